The Labute approximate surface area is 307 Å². The third kappa shape index (κ3) is 39.6. The van der Waals surface area contributed by atoms with Crippen molar-refractivity contribution in [3.63, 3.8) is 0 Å². The number of rotatable bonds is 39. The van der Waals surface area contributed by atoms with Crippen LogP contribution >= 0.6 is 7.82 Å². The Balaban J connectivity index is 3.91. The number of ether oxygens (including phenoxy) is 2. The van der Waals surface area contributed by atoms with Crippen LogP contribution < -0.4 is 0 Å². The molecule has 0 unspecified atom stereocenters. The second-order valence-corrected chi connectivity index (χ2v) is 15.6. The monoisotopic (exact) mass is 731 g/mol. The molecular weight excluding hydrogens is 651 g/mol. The first-order chi connectivity index (χ1) is 24.3. The summed E-state index contributed by atoms with van der Waals surface area (Å²) >= 11 is 0. The van der Waals surface area contributed by atoms with Gasteiger partial charge in [0.1, 0.15) is 6.61 Å². The molecule has 0 bridgehead atoms. The van der Waals surface area contributed by atoms with Gasteiger partial charge in [-0.25, -0.2) is 4.57 Å². The summed E-state index contributed by atoms with van der Waals surface area (Å²) < 4.78 is 26.3. The van der Waals surface area contributed by atoms with E-state index in [0.717, 1.165) is 32.1 Å². The lowest BCUT2D eigenvalue weighted by molar-refractivity contribution is -0.161. The van der Waals surface area contributed by atoms with E-state index in [1.807, 2.05) is 6.08 Å². The smallest absolute Gasteiger partial charge is 0.462 e. The minimum atomic E-state index is -4.76. The van der Waals surface area contributed by atoms with Crippen LogP contribution in [0.1, 0.15) is 219 Å². The van der Waals surface area contributed by atoms with Gasteiger partial charge in [-0.1, -0.05) is 193 Å². The summed E-state index contributed by atoms with van der Waals surface area (Å²) in [5, 5.41) is 0. The van der Waals surface area contributed by atoms with Gasteiger partial charge < -0.3 is 19.3 Å². The number of allylic oxidation sites excluding steroid dienone is 2. The zero-order valence-corrected chi connectivity index (χ0v) is 33.5. The van der Waals surface area contributed by atoms with Crippen molar-refractivity contribution >= 4 is 19.8 Å². The van der Waals surface area contributed by atoms with Crippen LogP contribution in [0, 0.1) is 0 Å². The van der Waals surface area contributed by atoms with Crippen LogP contribution in [0.15, 0.2) is 12.2 Å². The molecule has 0 spiro atoms. The van der Waals surface area contributed by atoms with Crippen LogP contribution in [0.4, 0.5) is 0 Å². The van der Waals surface area contributed by atoms with Gasteiger partial charge in [0.15, 0.2) is 6.10 Å². The fraction of sp³-hybridized carbons (Fsp3) is 0.902. The van der Waals surface area contributed by atoms with Crippen LogP contribution in [0.3, 0.4) is 0 Å². The largest absolute Gasteiger partial charge is 0.469 e. The molecule has 0 amide bonds. The standard InChI is InChI=1S/C41H79O8P/c1-3-5-7-9-11-13-15-17-19-20-22-23-25-27-29-31-33-35-40(42)47-37-39(38-48-50(44,45)46)49-41(43)36-34-32-30-28-26-24-21-18-16-14-12-10-8-6-4-2/h30,32,39H,3-29,31,33-38H2,1-2H3,(H2,44,45,46)/b32-30+/t39-/m1/s1. The van der Waals surface area contributed by atoms with Crippen molar-refractivity contribution in [2.24, 2.45) is 0 Å². The van der Waals surface area contributed by atoms with Crippen molar-refractivity contribution in [3.05, 3.63) is 12.2 Å². The van der Waals surface area contributed by atoms with Crippen LogP contribution in [0.25, 0.3) is 0 Å². The molecule has 0 aromatic heterocycles. The lowest BCUT2D eigenvalue weighted by atomic mass is 10.0. The van der Waals surface area contributed by atoms with Crippen molar-refractivity contribution in [3.8, 4) is 0 Å². The number of unbranched alkanes of at least 4 members (excludes halogenated alkanes) is 27. The first-order valence-corrected chi connectivity index (χ1v) is 22.5. The molecule has 50 heavy (non-hydrogen) atoms. The zero-order valence-electron chi connectivity index (χ0n) is 32.6. The van der Waals surface area contributed by atoms with Gasteiger partial charge in [-0.15, -0.1) is 0 Å². The predicted molar refractivity (Wildman–Crippen MR) is 207 cm³/mol. The highest BCUT2D eigenvalue weighted by molar-refractivity contribution is 7.46. The number of esters is 2. The van der Waals surface area contributed by atoms with E-state index in [1.54, 1.807) is 0 Å². The van der Waals surface area contributed by atoms with Crippen molar-refractivity contribution < 1.29 is 37.9 Å². The molecule has 0 aliphatic carbocycles. The van der Waals surface area contributed by atoms with Gasteiger partial charge in [-0.2, -0.15) is 0 Å². The molecule has 0 saturated carbocycles. The fourth-order valence-corrected chi connectivity index (χ4v) is 6.52. The highest BCUT2D eigenvalue weighted by Crippen LogP contribution is 2.36. The van der Waals surface area contributed by atoms with E-state index in [0.29, 0.717) is 6.42 Å². The number of phosphoric acid groups is 1. The molecule has 0 aromatic carbocycles. The van der Waals surface area contributed by atoms with Crippen LogP contribution in [0.2, 0.25) is 0 Å². The van der Waals surface area contributed by atoms with Crippen molar-refractivity contribution in [2.45, 2.75) is 225 Å². The molecule has 0 radical (unpaired) electrons. The molecule has 2 N–H and O–H groups in total. The highest BCUT2D eigenvalue weighted by Gasteiger charge is 2.22. The van der Waals surface area contributed by atoms with Gasteiger partial charge in [0.05, 0.1) is 6.61 Å². The fourth-order valence-electron chi connectivity index (χ4n) is 6.16. The van der Waals surface area contributed by atoms with Crippen LogP contribution in [-0.2, 0) is 28.2 Å². The Bertz CT molecular complexity index is 827. The second kappa shape index (κ2) is 37.5. The topological polar surface area (TPSA) is 119 Å². The maximum absolute atomic E-state index is 12.4. The van der Waals surface area contributed by atoms with Gasteiger partial charge in [0.2, 0.25) is 0 Å². The van der Waals surface area contributed by atoms with Crippen molar-refractivity contribution in [1.29, 1.82) is 0 Å². The maximum Gasteiger partial charge on any atom is 0.469 e. The highest BCUT2D eigenvalue weighted by atomic mass is 31.2. The number of hydrogen-bond acceptors (Lipinski definition) is 6. The van der Waals surface area contributed by atoms with E-state index >= 15 is 0 Å². The molecule has 0 saturated heterocycles. The molecule has 0 heterocycles. The molecule has 296 valence electrons. The van der Waals surface area contributed by atoms with Gasteiger partial charge in [0.25, 0.3) is 0 Å². The minimum Gasteiger partial charge on any atom is -0.462 e. The van der Waals surface area contributed by atoms with Crippen LogP contribution in [-0.4, -0.2) is 41.0 Å². The Morgan fingerprint density at radius 1 is 0.500 bits per heavy atom. The molecule has 8 nitrogen and oxygen atoms in total. The molecule has 0 aromatic rings. The average Bonchev–Trinajstić information content (AvgIpc) is 3.08. The van der Waals surface area contributed by atoms with E-state index in [1.165, 1.54) is 154 Å². The number of hydrogen-bond donors (Lipinski definition) is 2. The van der Waals surface area contributed by atoms with Crippen molar-refractivity contribution in [2.75, 3.05) is 13.2 Å². The number of carbonyl (C=O) groups excluding carboxylic acids is 2. The van der Waals surface area contributed by atoms with Gasteiger partial charge in [-0.3, -0.25) is 14.1 Å². The lowest BCUT2D eigenvalue weighted by Crippen LogP contribution is -2.29. The third-order valence-electron chi connectivity index (χ3n) is 9.30. The maximum atomic E-state index is 12.4. The Kier molecular flexibility index (Phi) is 36.6. The zero-order chi connectivity index (χ0) is 36.8. The van der Waals surface area contributed by atoms with E-state index in [4.69, 9.17) is 19.3 Å². The summed E-state index contributed by atoms with van der Waals surface area (Å²) in [6.45, 7) is 3.68. The first kappa shape index (κ1) is 48.8. The van der Waals surface area contributed by atoms with Gasteiger partial charge in [0, 0.05) is 12.8 Å². The van der Waals surface area contributed by atoms with E-state index in [9.17, 15) is 14.2 Å². The SMILES string of the molecule is CCCCCCCCCCCCC/C=C/CCC(=O)O[C@H](COC(=O)CCCCCCCCCCCCCCCCCCC)COP(=O)(O)O. The molecule has 0 aliphatic heterocycles. The Morgan fingerprint density at radius 2 is 0.880 bits per heavy atom. The summed E-state index contributed by atoms with van der Waals surface area (Å²) in [4.78, 5) is 42.8. The van der Waals surface area contributed by atoms with Gasteiger partial charge in [-0.05, 0) is 25.7 Å². The third-order valence-corrected chi connectivity index (χ3v) is 9.78. The lowest BCUT2D eigenvalue weighted by Gasteiger charge is -2.18. The van der Waals surface area contributed by atoms with E-state index in [2.05, 4.69) is 24.4 Å². The number of phosphoric ester groups is 1. The molecule has 9 heteroatoms. The normalized spacial score (nSPS) is 12.5. The number of carbonyl (C=O) groups is 2. The predicted octanol–water partition coefficient (Wildman–Crippen LogP) is 12.6. The first-order valence-electron chi connectivity index (χ1n) is 21.0. The van der Waals surface area contributed by atoms with Crippen LogP contribution in [0.5, 0.6) is 0 Å². The van der Waals surface area contributed by atoms with E-state index in [-0.39, 0.29) is 19.4 Å². The summed E-state index contributed by atoms with van der Waals surface area (Å²) in [6, 6.07) is 0. The Hall–Kier alpha value is -1.21. The van der Waals surface area contributed by atoms with E-state index < -0.39 is 32.5 Å². The minimum absolute atomic E-state index is 0.133. The summed E-state index contributed by atoms with van der Waals surface area (Å²) in [5.41, 5.74) is 0. The molecule has 0 rings (SSSR count). The second-order valence-electron chi connectivity index (χ2n) is 14.3. The Morgan fingerprint density at radius 3 is 1.30 bits per heavy atom. The van der Waals surface area contributed by atoms with Gasteiger partial charge >= 0.3 is 19.8 Å². The quantitative estimate of drug-likeness (QED) is 0.0278. The molecule has 0 fully saturated rings. The van der Waals surface area contributed by atoms with Crippen molar-refractivity contribution in [1.82, 2.24) is 0 Å². The molecular formula is C41H79O8P. The summed E-state index contributed by atoms with van der Waals surface area (Å²) in [6.07, 6.45) is 40.9. The average molecular weight is 731 g/mol. The summed E-state index contributed by atoms with van der Waals surface area (Å²) in [7, 11) is -4.76. The summed E-state index contributed by atoms with van der Waals surface area (Å²) in [5.74, 6) is -0.929. The molecule has 0 aliphatic rings. The molecule has 1 atom stereocenters.